The second-order valence-electron chi connectivity index (χ2n) is 7.65. The molecule has 0 saturated heterocycles. The Labute approximate surface area is 179 Å². The lowest BCUT2D eigenvalue weighted by molar-refractivity contribution is -0.137. The zero-order chi connectivity index (χ0) is 22.0. The molecule has 0 amide bonds. The minimum Gasteiger partial charge on any atom is -0.497 e. The molecule has 1 aromatic heterocycles. The Hall–Kier alpha value is -2.93. The first kappa shape index (κ1) is 21.3. The van der Waals surface area contributed by atoms with Gasteiger partial charge < -0.3 is 14.0 Å². The van der Waals surface area contributed by atoms with Crippen LogP contribution in [-0.2, 0) is 19.3 Å². The third-order valence-corrected chi connectivity index (χ3v) is 5.75. The molecule has 1 aliphatic heterocycles. The topological polar surface area (TPSA) is 26.6 Å². The van der Waals surface area contributed by atoms with Gasteiger partial charge in [0.25, 0.3) is 0 Å². The van der Waals surface area contributed by atoms with Crippen LogP contribution in [0.2, 0.25) is 0 Å². The first-order chi connectivity index (χ1) is 14.9. The molecule has 4 nitrogen and oxygen atoms in total. The maximum Gasteiger partial charge on any atom is 0.416 e. The normalized spacial score (nSPS) is 17.1. The van der Waals surface area contributed by atoms with Gasteiger partial charge in [0.15, 0.2) is 0 Å². The van der Waals surface area contributed by atoms with Gasteiger partial charge in [-0.05, 0) is 42.3 Å². The zero-order valence-electron chi connectivity index (χ0n) is 17.5. The fourth-order valence-electron chi connectivity index (χ4n) is 4.28. The minimum absolute atomic E-state index is 0.299. The summed E-state index contributed by atoms with van der Waals surface area (Å²) in [4.78, 5) is 2.22. The molecule has 0 radical (unpaired) electrons. The molecule has 2 aromatic carbocycles. The smallest absolute Gasteiger partial charge is 0.416 e. The summed E-state index contributed by atoms with van der Waals surface area (Å²) >= 11 is 0. The third kappa shape index (κ3) is 4.42. The fourth-order valence-corrected chi connectivity index (χ4v) is 4.28. The van der Waals surface area contributed by atoms with Gasteiger partial charge in [-0.3, -0.25) is 4.90 Å². The van der Waals surface area contributed by atoms with E-state index in [1.54, 1.807) is 20.3 Å². The number of halogens is 3. The van der Waals surface area contributed by atoms with E-state index >= 15 is 0 Å². The molecule has 3 aromatic rings. The molecular formula is C24H25F3N2O2. The monoisotopic (exact) mass is 430 g/mol. The summed E-state index contributed by atoms with van der Waals surface area (Å²) < 4.78 is 53.2. The van der Waals surface area contributed by atoms with Gasteiger partial charge in [-0.2, -0.15) is 13.2 Å². The van der Waals surface area contributed by atoms with E-state index in [-0.39, 0.29) is 6.04 Å². The van der Waals surface area contributed by atoms with E-state index in [0.717, 1.165) is 36.8 Å². The predicted molar refractivity (Wildman–Crippen MR) is 112 cm³/mol. The number of aromatic nitrogens is 1. The summed E-state index contributed by atoms with van der Waals surface area (Å²) in [6, 6.07) is 15.0. The second kappa shape index (κ2) is 8.67. The van der Waals surface area contributed by atoms with E-state index < -0.39 is 11.7 Å². The molecule has 1 aliphatic rings. The Morgan fingerprint density at radius 1 is 0.968 bits per heavy atom. The molecule has 2 heterocycles. The Morgan fingerprint density at radius 3 is 2.55 bits per heavy atom. The van der Waals surface area contributed by atoms with Crippen molar-refractivity contribution in [3.8, 4) is 11.5 Å². The summed E-state index contributed by atoms with van der Waals surface area (Å²) in [5, 5.41) is 0. The van der Waals surface area contributed by atoms with Gasteiger partial charge in [0.1, 0.15) is 11.5 Å². The number of hydrogen-bond acceptors (Lipinski definition) is 3. The second-order valence-corrected chi connectivity index (χ2v) is 7.65. The van der Waals surface area contributed by atoms with E-state index in [9.17, 15) is 13.2 Å². The zero-order valence-corrected chi connectivity index (χ0v) is 17.5. The van der Waals surface area contributed by atoms with Crippen LogP contribution in [0.5, 0.6) is 11.5 Å². The Bertz CT molecular complexity index is 1050. The van der Waals surface area contributed by atoms with Crippen LogP contribution in [-0.4, -0.2) is 30.2 Å². The first-order valence-electron chi connectivity index (χ1n) is 10.2. The number of aryl methyl sites for hydroxylation is 1. The van der Waals surface area contributed by atoms with Crippen molar-refractivity contribution >= 4 is 0 Å². The van der Waals surface area contributed by atoms with Gasteiger partial charge in [-0.25, -0.2) is 0 Å². The molecule has 0 bridgehead atoms. The van der Waals surface area contributed by atoms with Crippen LogP contribution in [0.25, 0.3) is 0 Å². The molecule has 0 saturated carbocycles. The van der Waals surface area contributed by atoms with E-state index in [2.05, 4.69) is 9.47 Å². The molecule has 1 atom stereocenters. The average molecular weight is 430 g/mol. The molecule has 164 valence electrons. The van der Waals surface area contributed by atoms with Crippen LogP contribution < -0.4 is 9.47 Å². The van der Waals surface area contributed by atoms with Gasteiger partial charge >= 0.3 is 6.18 Å². The highest BCUT2D eigenvalue weighted by molar-refractivity contribution is 5.41. The first-order valence-corrected chi connectivity index (χ1v) is 10.2. The lowest BCUT2D eigenvalue weighted by Crippen LogP contribution is -2.30. The van der Waals surface area contributed by atoms with Crippen molar-refractivity contribution in [2.75, 3.05) is 20.8 Å². The highest BCUT2D eigenvalue weighted by atomic mass is 19.4. The lowest BCUT2D eigenvalue weighted by Gasteiger charge is -2.31. The molecule has 0 N–H and O–H groups in total. The molecule has 0 unspecified atom stereocenters. The number of hydrogen-bond donors (Lipinski definition) is 0. The SMILES string of the molecule is COc1ccc(CN2CCCn3cccc3[C@@H]2c2cccc(C(F)(F)F)c2)c(OC)c1. The van der Waals surface area contributed by atoms with Crippen molar-refractivity contribution in [3.63, 3.8) is 0 Å². The summed E-state index contributed by atoms with van der Waals surface area (Å²) in [7, 11) is 3.21. The summed E-state index contributed by atoms with van der Waals surface area (Å²) in [5.74, 6) is 1.39. The van der Waals surface area contributed by atoms with Gasteiger partial charge in [-0.15, -0.1) is 0 Å². The maximum atomic E-state index is 13.4. The Morgan fingerprint density at radius 2 is 1.81 bits per heavy atom. The van der Waals surface area contributed by atoms with Crippen LogP contribution in [0.3, 0.4) is 0 Å². The number of nitrogens with zero attached hydrogens (tertiary/aromatic N) is 2. The maximum absolute atomic E-state index is 13.4. The fraction of sp³-hybridized carbons (Fsp3) is 0.333. The predicted octanol–water partition coefficient (Wildman–Crippen LogP) is 5.52. The van der Waals surface area contributed by atoms with E-state index in [4.69, 9.17) is 9.47 Å². The molecule has 7 heteroatoms. The van der Waals surface area contributed by atoms with Gasteiger partial charge in [0, 0.05) is 43.2 Å². The number of alkyl halides is 3. The Balaban J connectivity index is 1.76. The van der Waals surface area contributed by atoms with Crippen molar-refractivity contribution in [2.24, 2.45) is 0 Å². The van der Waals surface area contributed by atoms with Crippen LogP contribution in [0.1, 0.15) is 34.8 Å². The molecule has 0 aliphatic carbocycles. The average Bonchev–Trinajstić information content (AvgIpc) is 3.14. The van der Waals surface area contributed by atoms with E-state index in [0.29, 0.717) is 23.6 Å². The van der Waals surface area contributed by atoms with Crippen molar-refractivity contribution in [1.29, 1.82) is 0 Å². The highest BCUT2D eigenvalue weighted by Gasteiger charge is 2.33. The molecule has 31 heavy (non-hydrogen) atoms. The molecule has 0 fully saturated rings. The summed E-state index contributed by atoms with van der Waals surface area (Å²) in [6.07, 6.45) is -1.49. The number of fused-ring (bicyclic) bond motifs is 1. The van der Waals surface area contributed by atoms with Crippen molar-refractivity contribution in [1.82, 2.24) is 9.47 Å². The lowest BCUT2D eigenvalue weighted by atomic mass is 9.98. The van der Waals surface area contributed by atoms with Crippen molar-refractivity contribution in [3.05, 3.63) is 83.2 Å². The molecular weight excluding hydrogens is 405 g/mol. The highest BCUT2D eigenvalue weighted by Crippen LogP contribution is 2.37. The molecule has 0 spiro atoms. The van der Waals surface area contributed by atoms with Gasteiger partial charge in [0.05, 0.1) is 25.8 Å². The van der Waals surface area contributed by atoms with Crippen molar-refractivity contribution in [2.45, 2.75) is 31.7 Å². The molecule has 4 rings (SSSR count). The largest absolute Gasteiger partial charge is 0.497 e. The number of benzene rings is 2. The quantitative estimate of drug-likeness (QED) is 0.533. The number of ether oxygens (including phenoxy) is 2. The minimum atomic E-state index is -4.38. The standard InChI is InChI=1S/C24H25F3N2O2/c1-30-20-10-9-18(22(15-20)31-2)16-29-13-5-12-28-11-4-8-21(28)23(29)17-6-3-7-19(14-17)24(25,26)27/h3-4,6-11,14-15,23H,5,12-13,16H2,1-2H3/t23-/m0/s1. The van der Waals surface area contributed by atoms with Gasteiger partial charge in [-0.1, -0.05) is 18.2 Å². The van der Waals surface area contributed by atoms with E-state index in [1.807, 2.05) is 36.5 Å². The van der Waals surface area contributed by atoms with Crippen LogP contribution in [0.4, 0.5) is 13.2 Å². The van der Waals surface area contributed by atoms with Crippen molar-refractivity contribution < 1.29 is 22.6 Å². The number of rotatable bonds is 5. The summed E-state index contributed by atoms with van der Waals surface area (Å²) in [5.41, 5.74) is 1.95. The Kier molecular flexibility index (Phi) is 5.96. The third-order valence-electron chi connectivity index (χ3n) is 5.75. The van der Waals surface area contributed by atoms with Crippen LogP contribution >= 0.6 is 0 Å². The van der Waals surface area contributed by atoms with Crippen LogP contribution in [0.15, 0.2) is 60.8 Å². The van der Waals surface area contributed by atoms with E-state index in [1.165, 1.54) is 12.1 Å². The van der Waals surface area contributed by atoms with Crippen LogP contribution in [0, 0.1) is 0 Å². The van der Waals surface area contributed by atoms with Gasteiger partial charge in [0.2, 0.25) is 0 Å². The summed E-state index contributed by atoms with van der Waals surface area (Å²) in [6.45, 7) is 2.12. The number of methoxy groups -OCH3 is 2.